The molecule has 0 unspecified atom stereocenters. The molecule has 18 heteroatoms. The van der Waals surface area contributed by atoms with Crippen molar-refractivity contribution in [2.45, 2.75) is 322 Å². The Balaban J connectivity index is 0.000000286. The third-order valence-corrected chi connectivity index (χ3v) is 20.3. The van der Waals surface area contributed by atoms with Gasteiger partial charge >= 0.3 is 0 Å². The van der Waals surface area contributed by atoms with Crippen LogP contribution < -0.4 is 0 Å². The molecule has 0 saturated heterocycles. The van der Waals surface area contributed by atoms with Gasteiger partial charge in [0.1, 0.15) is 51.8 Å². The van der Waals surface area contributed by atoms with Crippen LogP contribution in [-0.2, 0) is 0 Å². The molecular formula is C103H149N9O9. The van der Waals surface area contributed by atoms with Crippen LogP contribution >= 0.6 is 0 Å². The molecule has 0 amide bonds. The third kappa shape index (κ3) is 41.7. The van der Waals surface area contributed by atoms with Crippen molar-refractivity contribution in [1.82, 2.24) is 44.9 Å². The Kier molecular flexibility index (Phi) is 48.7. The summed E-state index contributed by atoms with van der Waals surface area (Å²) < 4.78 is 48.9. The summed E-state index contributed by atoms with van der Waals surface area (Å²) in [5, 5.41) is 0. The molecule has 1 aromatic carbocycles. The van der Waals surface area contributed by atoms with E-state index in [1.807, 2.05) is 217 Å². The predicted octanol–water partition coefficient (Wildman–Crippen LogP) is 31.1. The van der Waals surface area contributed by atoms with Gasteiger partial charge < -0.3 is 39.8 Å². The molecule has 0 radical (unpaired) electrons. The molecule has 2 aliphatic carbocycles. The van der Waals surface area contributed by atoms with E-state index in [2.05, 4.69) is 149 Å². The van der Waals surface area contributed by atoms with E-state index in [-0.39, 0.29) is 0 Å². The number of hydrogen-bond donors (Lipinski definition) is 0. The minimum Gasteiger partial charge on any atom is -0.442 e. The Labute approximate surface area is 726 Å². The molecular weight excluding hydrogens is 1510 g/mol. The molecule has 9 aromatic heterocycles. The number of nitrogens with zero attached hydrogens (tertiary/aromatic N) is 9. The van der Waals surface area contributed by atoms with Crippen molar-refractivity contribution in [2.75, 3.05) is 0 Å². The maximum Gasteiger partial charge on any atom is 0.221 e. The van der Waals surface area contributed by atoms with Crippen molar-refractivity contribution in [3.8, 4) is 0 Å². The van der Waals surface area contributed by atoms with Crippen LogP contribution in [0.5, 0.6) is 0 Å². The number of hydrogen-bond acceptors (Lipinski definition) is 18. The molecule has 2 aliphatic rings. The Morgan fingerprint density at radius 1 is 0.322 bits per heavy atom. The number of aromatic nitrogens is 9. The smallest absolute Gasteiger partial charge is 0.221 e. The summed E-state index contributed by atoms with van der Waals surface area (Å²) in [5.41, 5.74) is 12.2. The topological polar surface area (TPSA) is 234 Å². The fraction of sp³-hybridized carbons (Fsp3) is 0.505. The second-order valence-corrected chi connectivity index (χ2v) is 32.2. The molecule has 10 aromatic rings. The Morgan fingerprint density at radius 3 is 0.950 bits per heavy atom. The lowest BCUT2D eigenvalue weighted by Gasteiger charge is -2.17. The molecule has 660 valence electrons. The van der Waals surface area contributed by atoms with Crippen LogP contribution in [0.15, 0.2) is 119 Å². The zero-order valence-electron chi connectivity index (χ0n) is 79.3. The van der Waals surface area contributed by atoms with E-state index in [1.54, 1.807) is 0 Å². The van der Waals surface area contributed by atoms with E-state index < -0.39 is 0 Å². The van der Waals surface area contributed by atoms with Crippen molar-refractivity contribution in [1.29, 1.82) is 0 Å². The van der Waals surface area contributed by atoms with Crippen LogP contribution in [0.25, 0.3) is 59.8 Å². The van der Waals surface area contributed by atoms with E-state index in [4.69, 9.17) is 39.8 Å². The third-order valence-electron chi connectivity index (χ3n) is 20.3. The zero-order valence-corrected chi connectivity index (χ0v) is 79.3. The monoisotopic (exact) mass is 1660 g/mol. The Hall–Kier alpha value is -10.2. The molecule has 2 fully saturated rings. The van der Waals surface area contributed by atoms with Gasteiger partial charge in [0.25, 0.3) is 0 Å². The van der Waals surface area contributed by atoms with Gasteiger partial charge in [0.2, 0.25) is 53.0 Å². The van der Waals surface area contributed by atoms with E-state index in [0.717, 1.165) is 236 Å². The van der Waals surface area contributed by atoms with Crippen LogP contribution in [0.2, 0.25) is 0 Å². The van der Waals surface area contributed by atoms with E-state index >= 15 is 0 Å². The van der Waals surface area contributed by atoms with Crippen LogP contribution in [-0.4, -0.2) is 44.9 Å². The average Bonchev–Trinajstić information content (AvgIpc) is 1.77. The summed E-state index contributed by atoms with van der Waals surface area (Å²) in [6.07, 6.45) is 57.7. The molecule has 0 N–H and O–H groups in total. The van der Waals surface area contributed by atoms with Gasteiger partial charge in [-0.05, 0) is 281 Å². The molecule has 0 atom stereocenters. The SMILES string of the molecule is CC/C=C(\C)c1nc(C)c(C)o1.CCC/C=C(\C)c1nc(C)c(C)o1.CCC/C=C/c1nc(C)c(C)o1.CCCC/C=C/c1nc(C)c(C)o1.Cc1nc(/C=C/C2CCCC2)oc1C.Cc1nc(/C=C/C2CCCCC2)oc1C.Cc1nc(/C=C/CC(C)C)oc1C.Cc1nc(/C=C/CCC(C)C)oc1C.Cc1nc(/C=C/c2ccccc2)oc1C. The summed E-state index contributed by atoms with van der Waals surface area (Å²) in [4.78, 5) is 38.6. The first kappa shape index (κ1) is 103. The Morgan fingerprint density at radius 2 is 0.636 bits per heavy atom. The summed E-state index contributed by atoms with van der Waals surface area (Å²) in [5.74, 6) is 17.7. The predicted molar refractivity (Wildman–Crippen MR) is 502 cm³/mol. The van der Waals surface area contributed by atoms with Gasteiger partial charge in [-0.3, -0.25) is 0 Å². The minimum atomic E-state index is 0.661. The lowest BCUT2D eigenvalue weighted by molar-refractivity contribution is 0.420. The first-order valence-corrected chi connectivity index (χ1v) is 44.3. The number of unbranched alkanes of at least 4 members (excludes halogenated alkanes) is 4. The van der Waals surface area contributed by atoms with Crippen LogP contribution in [0.3, 0.4) is 0 Å². The maximum atomic E-state index is 5.51. The summed E-state index contributed by atoms with van der Waals surface area (Å²) in [7, 11) is 0. The van der Waals surface area contributed by atoms with Crippen molar-refractivity contribution in [3.63, 3.8) is 0 Å². The highest BCUT2D eigenvalue weighted by Crippen LogP contribution is 2.28. The highest BCUT2D eigenvalue weighted by atomic mass is 16.4. The first-order valence-electron chi connectivity index (χ1n) is 44.3. The second kappa shape index (κ2) is 57.1. The normalized spacial score (nSPS) is 13.3. The van der Waals surface area contributed by atoms with Gasteiger partial charge in [0, 0.05) is 17.2 Å². The molecule has 12 rings (SSSR count). The lowest BCUT2D eigenvalue weighted by atomic mass is 9.89. The fourth-order valence-corrected chi connectivity index (χ4v) is 11.7. The van der Waals surface area contributed by atoms with Gasteiger partial charge in [0.15, 0.2) is 0 Å². The van der Waals surface area contributed by atoms with Crippen molar-refractivity contribution in [3.05, 3.63) is 241 Å². The standard InChI is InChI=1S/C13H19NO.C13H13NO.C12H17NO.C12H19NO.3C11H17NO.2C10H15NO/c2*1-10-11(2)15-13(14-10)9-8-12-6-4-3-5-7-12;1-9-10(2)14-12(13-9)8-7-11-5-3-4-6-11;1-9(2)7-5-6-8-12-13-10(3)11(4)14-12;1-8(2)6-5-7-11-12-9(3)10(4)13-11;1-5-6-7-8(2)11-12-9(3)10(4)13-11;1-4-5-6-7-8-11-12-9(2)10(3)13-11;1-5-6-7(2)10-11-8(3)9(4)12-10;1-4-5-6-7-10-11-8(2)9(3)12-10/h8-9,12H,3-7H2,1-2H3;3-9H,1-2H3;7-8,11H,3-6H2,1-2H3;6,8-9H,5,7H2,1-4H3;5,7-8H,6H2,1-4H3;7H,5-6H2,1-4H3;7-8H,4-6H2,1-3H3;6H,5H2,1-4H3;6-7H,4-5H2,1-3H3/b2*9-8+;8-7+;8-6+;7-5+;2*8-7+;2*7-6+. The Bertz CT molecular complexity index is 4640. The quantitative estimate of drug-likeness (QED) is 0.0484. The van der Waals surface area contributed by atoms with Crippen LogP contribution in [0.1, 0.15) is 359 Å². The van der Waals surface area contributed by atoms with Gasteiger partial charge in [-0.2, -0.15) is 0 Å². The second-order valence-electron chi connectivity index (χ2n) is 32.2. The number of oxazole rings is 9. The van der Waals surface area contributed by atoms with Gasteiger partial charge in [-0.15, -0.1) is 0 Å². The van der Waals surface area contributed by atoms with E-state index in [9.17, 15) is 0 Å². The highest BCUT2D eigenvalue weighted by Gasteiger charge is 2.15. The molecule has 121 heavy (non-hydrogen) atoms. The van der Waals surface area contributed by atoms with Gasteiger partial charge in [-0.25, -0.2) is 44.9 Å². The first-order chi connectivity index (χ1) is 57.7. The zero-order chi connectivity index (χ0) is 89.3. The highest BCUT2D eigenvalue weighted by molar-refractivity contribution is 5.66. The van der Waals surface area contributed by atoms with Crippen LogP contribution in [0, 0.1) is 148 Å². The number of rotatable bonds is 25. The summed E-state index contributed by atoms with van der Waals surface area (Å²) in [6.45, 7) is 56.6. The minimum absolute atomic E-state index is 0.661. The number of benzene rings is 1. The lowest BCUT2D eigenvalue weighted by Crippen LogP contribution is -2.02. The maximum absolute atomic E-state index is 5.51. The molecule has 2 saturated carbocycles. The van der Waals surface area contributed by atoms with Crippen LogP contribution in [0.4, 0.5) is 0 Å². The van der Waals surface area contributed by atoms with Gasteiger partial charge in [0.05, 0.1) is 51.2 Å². The number of allylic oxidation sites excluding steroid dienone is 10. The molecule has 0 aliphatic heterocycles. The molecule has 9 heterocycles. The average molecular weight is 1660 g/mol. The molecule has 0 spiro atoms. The van der Waals surface area contributed by atoms with E-state index in [1.165, 1.54) is 77.0 Å². The van der Waals surface area contributed by atoms with E-state index in [0.29, 0.717) is 11.8 Å². The molecule has 18 nitrogen and oxygen atoms in total. The van der Waals surface area contributed by atoms with Crippen molar-refractivity contribution >= 4 is 59.8 Å². The van der Waals surface area contributed by atoms with Crippen molar-refractivity contribution in [2.24, 2.45) is 23.7 Å². The summed E-state index contributed by atoms with van der Waals surface area (Å²) >= 11 is 0. The summed E-state index contributed by atoms with van der Waals surface area (Å²) in [6, 6.07) is 10.1. The van der Waals surface area contributed by atoms with Crippen molar-refractivity contribution < 1.29 is 39.8 Å². The largest absolute Gasteiger partial charge is 0.442 e. The van der Waals surface area contributed by atoms with Gasteiger partial charge in [-0.1, -0.05) is 192 Å². The molecule has 0 bridgehead atoms. The fourth-order valence-electron chi connectivity index (χ4n) is 11.7. The number of aryl methyl sites for hydroxylation is 18.